The third-order valence-electron chi connectivity index (χ3n) is 1.53. The fraction of sp³-hybridized carbons (Fsp3) is 0.800. The maximum Gasteiger partial charge on any atom is 0.0566 e. The van der Waals surface area contributed by atoms with Crippen molar-refractivity contribution in [1.29, 1.82) is 0 Å². The predicted molar refractivity (Wildman–Crippen MR) is 48.2 cm³/mol. The van der Waals surface area contributed by atoms with Gasteiger partial charge in [-0.3, -0.25) is 0 Å². The lowest BCUT2D eigenvalue weighted by molar-refractivity contribution is 0.266. The molecule has 0 aliphatic heterocycles. The first kappa shape index (κ1) is 10.5. The summed E-state index contributed by atoms with van der Waals surface area (Å²) in [7, 11) is 0. The molecule has 0 heterocycles. The Bertz CT molecular complexity index is 130. The maximum atomic E-state index is 8.63. The third-order valence-corrected chi connectivity index (χ3v) is 1.53. The van der Waals surface area contributed by atoms with E-state index in [4.69, 9.17) is 5.11 Å². The minimum atomic E-state index is 0.150. The van der Waals surface area contributed by atoms with Crippen LogP contribution in [0.15, 0.2) is 0 Å². The monoisotopic (exact) mass is 154 g/mol. The van der Waals surface area contributed by atoms with E-state index in [1.165, 1.54) is 19.3 Å². The summed E-state index contributed by atoms with van der Waals surface area (Å²) in [6, 6.07) is 0. The Morgan fingerprint density at radius 1 is 1.36 bits per heavy atom. The average Bonchev–Trinajstić information content (AvgIpc) is 2.04. The lowest BCUT2D eigenvalue weighted by Crippen LogP contribution is -1.95. The fourth-order valence-electron chi connectivity index (χ4n) is 0.755. The van der Waals surface area contributed by atoms with E-state index in [1.54, 1.807) is 0 Å². The highest BCUT2D eigenvalue weighted by Crippen LogP contribution is 1.97. The van der Waals surface area contributed by atoms with Crippen LogP contribution in [0.2, 0.25) is 0 Å². The van der Waals surface area contributed by atoms with E-state index < -0.39 is 0 Å². The van der Waals surface area contributed by atoms with Crippen LogP contribution >= 0.6 is 0 Å². The van der Waals surface area contributed by atoms with E-state index in [9.17, 15) is 0 Å². The molecule has 0 aliphatic carbocycles. The minimum absolute atomic E-state index is 0.150. The Morgan fingerprint density at radius 2 is 2.09 bits per heavy atom. The van der Waals surface area contributed by atoms with Crippen LogP contribution in [0.4, 0.5) is 0 Å². The first-order valence-corrected chi connectivity index (χ1v) is 4.40. The van der Waals surface area contributed by atoms with E-state index >= 15 is 0 Å². The molecular weight excluding hydrogens is 136 g/mol. The Morgan fingerprint density at radius 3 is 2.64 bits per heavy atom. The minimum Gasteiger partial charge on any atom is -0.395 e. The smallest absolute Gasteiger partial charge is 0.0566 e. The first-order valence-electron chi connectivity index (χ1n) is 4.40. The predicted octanol–water partition coefficient (Wildman–Crippen LogP) is 2.20. The number of rotatable bonds is 4. The molecule has 0 bridgehead atoms. The molecule has 0 saturated heterocycles. The van der Waals surface area contributed by atoms with Gasteiger partial charge in [-0.15, -0.1) is 5.92 Å². The van der Waals surface area contributed by atoms with Crippen molar-refractivity contribution in [1.82, 2.24) is 0 Å². The molecule has 0 spiro atoms. The second-order valence-electron chi connectivity index (χ2n) is 2.86. The van der Waals surface area contributed by atoms with Gasteiger partial charge in [0.05, 0.1) is 6.61 Å². The molecular formula is C10H18O. The highest BCUT2D eigenvalue weighted by atomic mass is 16.3. The van der Waals surface area contributed by atoms with Crippen molar-refractivity contribution < 1.29 is 5.11 Å². The van der Waals surface area contributed by atoms with Gasteiger partial charge in [0, 0.05) is 12.3 Å². The van der Waals surface area contributed by atoms with Gasteiger partial charge in [-0.1, -0.05) is 25.7 Å². The highest BCUT2D eigenvalue weighted by Gasteiger charge is 1.89. The molecule has 64 valence electrons. The van der Waals surface area contributed by atoms with Crippen LogP contribution in [-0.2, 0) is 0 Å². The van der Waals surface area contributed by atoms with Gasteiger partial charge in [-0.25, -0.2) is 0 Å². The summed E-state index contributed by atoms with van der Waals surface area (Å²) in [6.45, 7) is 4.30. The second kappa shape index (κ2) is 7.63. The molecule has 1 heteroatoms. The Kier molecular flexibility index (Phi) is 7.29. The second-order valence-corrected chi connectivity index (χ2v) is 2.86. The SMILES string of the molecule is CCCCCC#CC(C)CO. The van der Waals surface area contributed by atoms with Crippen molar-refractivity contribution in [3.05, 3.63) is 0 Å². The maximum absolute atomic E-state index is 8.63. The summed E-state index contributed by atoms with van der Waals surface area (Å²) in [5.41, 5.74) is 0. The van der Waals surface area contributed by atoms with Crippen LogP contribution in [0.3, 0.4) is 0 Å². The summed E-state index contributed by atoms with van der Waals surface area (Å²) in [5.74, 6) is 6.20. The van der Waals surface area contributed by atoms with Gasteiger partial charge >= 0.3 is 0 Å². The molecule has 11 heavy (non-hydrogen) atoms. The van der Waals surface area contributed by atoms with Gasteiger partial charge in [0.2, 0.25) is 0 Å². The number of hydrogen-bond acceptors (Lipinski definition) is 1. The summed E-state index contributed by atoms with van der Waals surface area (Å²) < 4.78 is 0. The normalized spacial score (nSPS) is 11.9. The van der Waals surface area contributed by atoms with E-state index in [1.807, 2.05) is 6.92 Å². The van der Waals surface area contributed by atoms with Crippen molar-refractivity contribution in [2.45, 2.75) is 39.5 Å². The quantitative estimate of drug-likeness (QED) is 0.486. The molecule has 0 radical (unpaired) electrons. The fourth-order valence-corrected chi connectivity index (χ4v) is 0.755. The number of aliphatic hydroxyl groups is 1. The Balaban J connectivity index is 3.25. The Labute approximate surface area is 69.8 Å². The molecule has 0 amide bonds. The van der Waals surface area contributed by atoms with E-state index in [0.717, 1.165) is 6.42 Å². The molecule has 0 saturated carbocycles. The zero-order valence-electron chi connectivity index (χ0n) is 7.56. The summed E-state index contributed by atoms with van der Waals surface area (Å²) in [6.07, 6.45) is 4.69. The summed E-state index contributed by atoms with van der Waals surface area (Å²) in [4.78, 5) is 0. The molecule has 0 rings (SSSR count). The molecule has 1 atom stereocenters. The van der Waals surface area contributed by atoms with Crippen molar-refractivity contribution >= 4 is 0 Å². The van der Waals surface area contributed by atoms with Crippen molar-refractivity contribution in [3.8, 4) is 11.8 Å². The van der Waals surface area contributed by atoms with Crippen molar-refractivity contribution in [2.75, 3.05) is 6.61 Å². The van der Waals surface area contributed by atoms with Gasteiger partial charge in [-0.05, 0) is 13.3 Å². The molecule has 0 fully saturated rings. The zero-order valence-corrected chi connectivity index (χ0v) is 7.56. The highest BCUT2D eigenvalue weighted by molar-refractivity contribution is 5.02. The van der Waals surface area contributed by atoms with Crippen LogP contribution in [0.5, 0.6) is 0 Å². The van der Waals surface area contributed by atoms with Crippen molar-refractivity contribution in [3.63, 3.8) is 0 Å². The number of hydrogen-bond donors (Lipinski definition) is 1. The molecule has 1 N–H and O–H groups in total. The average molecular weight is 154 g/mol. The van der Waals surface area contributed by atoms with Gasteiger partial charge in [-0.2, -0.15) is 0 Å². The lowest BCUT2D eigenvalue weighted by Gasteiger charge is -1.94. The first-order chi connectivity index (χ1) is 5.31. The van der Waals surface area contributed by atoms with E-state index in [2.05, 4.69) is 18.8 Å². The van der Waals surface area contributed by atoms with Crippen LogP contribution in [0, 0.1) is 17.8 Å². The van der Waals surface area contributed by atoms with Gasteiger partial charge in [0.25, 0.3) is 0 Å². The molecule has 1 nitrogen and oxygen atoms in total. The molecule has 0 aromatic carbocycles. The molecule has 0 aromatic heterocycles. The topological polar surface area (TPSA) is 20.2 Å². The van der Waals surface area contributed by atoms with Crippen LogP contribution < -0.4 is 0 Å². The molecule has 0 aromatic rings. The number of unbranched alkanes of at least 4 members (excludes halogenated alkanes) is 3. The van der Waals surface area contributed by atoms with E-state index in [0.29, 0.717) is 0 Å². The molecule has 1 unspecified atom stereocenters. The van der Waals surface area contributed by atoms with Crippen LogP contribution in [-0.4, -0.2) is 11.7 Å². The lowest BCUT2D eigenvalue weighted by atomic mass is 10.1. The van der Waals surface area contributed by atoms with Crippen LogP contribution in [0.1, 0.15) is 39.5 Å². The van der Waals surface area contributed by atoms with Gasteiger partial charge in [0.1, 0.15) is 0 Å². The Hall–Kier alpha value is -0.480. The van der Waals surface area contributed by atoms with E-state index in [-0.39, 0.29) is 12.5 Å². The zero-order chi connectivity index (χ0) is 8.53. The van der Waals surface area contributed by atoms with Gasteiger partial charge in [0.15, 0.2) is 0 Å². The summed E-state index contributed by atoms with van der Waals surface area (Å²) in [5, 5.41) is 8.63. The number of aliphatic hydroxyl groups excluding tert-OH is 1. The molecule has 0 aliphatic rings. The van der Waals surface area contributed by atoms with Gasteiger partial charge < -0.3 is 5.11 Å². The largest absolute Gasteiger partial charge is 0.395 e. The van der Waals surface area contributed by atoms with Crippen LogP contribution in [0.25, 0.3) is 0 Å². The third kappa shape index (κ3) is 7.42. The summed E-state index contributed by atoms with van der Waals surface area (Å²) >= 11 is 0. The standard InChI is InChI=1S/C10H18O/c1-3-4-5-6-7-8-10(2)9-11/h10-11H,3-6,9H2,1-2H3. The van der Waals surface area contributed by atoms with Crippen molar-refractivity contribution in [2.24, 2.45) is 5.92 Å².